The minimum absolute atomic E-state index is 0.0632. The van der Waals surface area contributed by atoms with Crippen molar-refractivity contribution in [2.45, 2.75) is 26.1 Å². The molecule has 2 aromatic carbocycles. The molecule has 1 aliphatic rings. The van der Waals surface area contributed by atoms with E-state index in [1.165, 1.54) is 6.26 Å². The number of nitrogens with zero attached hydrogens (tertiary/aromatic N) is 3. The molecule has 1 atom stereocenters. The van der Waals surface area contributed by atoms with Crippen LogP contribution in [-0.2, 0) is 17.8 Å². The average Bonchev–Trinajstić information content (AvgIpc) is 3.29. The second-order valence-corrected chi connectivity index (χ2v) is 8.60. The van der Waals surface area contributed by atoms with E-state index in [4.69, 9.17) is 32.4 Å². The van der Waals surface area contributed by atoms with Crippen LogP contribution in [0.2, 0.25) is 10.0 Å². The number of carbonyl (C=O) groups excluding carboxylic acids is 1. The fourth-order valence-corrected chi connectivity index (χ4v) is 4.19. The highest BCUT2D eigenvalue weighted by Crippen LogP contribution is 2.28. The molecule has 4 rings (SSSR count). The third kappa shape index (κ3) is 5.51. The van der Waals surface area contributed by atoms with E-state index in [0.29, 0.717) is 61.0 Å². The standard InChI is InChI=1S/C24H25Cl2N3O3/c1-17(18-5-3-2-4-6-18)29(14-19-7-8-20(25)13-21(19)26)15-23-27-22(16-32-23)24(30)28-9-11-31-12-10-28/h2-8,13,16-17H,9-12,14-15H2,1H3. The van der Waals surface area contributed by atoms with Gasteiger partial charge in [0.2, 0.25) is 5.89 Å². The minimum Gasteiger partial charge on any atom is -0.447 e. The molecule has 6 nitrogen and oxygen atoms in total. The lowest BCUT2D eigenvalue weighted by Gasteiger charge is -2.29. The van der Waals surface area contributed by atoms with Gasteiger partial charge in [0.1, 0.15) is 6.26 Å². The Hall–Kier alpha value is -2.38. The summed E-state index contributed by atoms with van der Waals surface area (Å²) in [6, 6.07) is 15.8. The topological polar surface area (TPSA) is 58.8 Å². The molecular formula is C24H25Cl2N3O3. The monoisotopic (exact) mass is 473 g/mol. The molecule has 1 amide bonds. The molecule has 1 saturated heterocycles. The van der Waals surface area contributed by atoms with E-state index in [1.54, 1.807) is 11.0 Å². The van der Waals surface area contributed by atoms with E-state index in [1.807, 2.05) is 30.3 Å². The van der Waals surface area contributed by atoms with E-state index in [-0.39, 0.29) is 11.9 Å². The molecular weight excluding hydrogens is 449 g/mol. The maximum Gasteiger partial charge on any atom is 0.275 e. The Morgan fingerprint density at radius 3 is 2.59 bits per heavy atom. The first-order chi connectivity index (χ1) is 15.5. The predicted molar refractivity (Wildman–Crippen MR) is 124 cm³/mol. The van der Waals surface area contributed by atoms with Crippen molar-refractivity contribution in [2.24, 2.45) is 0 Å². The Balaban J connectivity index is 1.55. The number of halogens is 2. The molecule has 0 spiro atoms. The zero-order valence-electron chi connectivity index (χ0n) is 17.8. The van der Waals surface area contributed by atoms with Crippen LogP contribution in [0.5, 0.6) is 0 Å². The largest absolute Gasteiger partial charge is 0.447 e. The van der Waals surface area contributed by atoms with E-state index in [2.05, 4.69) is 28.9 Å². The minimum atomic E-state index is -0.133. The molecule has 0 bridgehead atoms. The summed E-state index contributed by atoms with van der Waals surface area (Å²) >= 11 is 12.5. The van der Waals surface area contributed by atoms with Crippen LogP contribution in [-0.4, -0.2) is 47.0 Å². The number of morpholine rings is 1. The zero-order chi connectivity index (χ0) is 22.5. The van der Waals surface area contributed by atoms with Gasteiger partial charge in [-0.05, 0) is 30.2 Å². The summed E-state index contributed by atoms with van der Waals surface area (Å²) in [6.07, 6.45) is 1.44. The number of hydrogen-bond donors (Lipinski definition) is 0. The summed E-state index contributed by atoms with van der Waals surface area (Å²) in [4.78, 5) is 21.2. The summed E-state index contributed by atoms with van der Waals surface area (Å²) in [5.74, 6) is 0.348. The second kappa shape index (κ2) is 10.5. The lowest BCUT2D eigenvalue weighted by molar-refractivity contribution is 0.0299. The number of aromatic nitrogens is 1. The second-order valence-electron chi connectivity index (χ2n) is 7.76. The van der Waals surface area contributed by atoms with Crippen LogP contribution in [0.1, 0.15) is 40.5 Å². The summed E-state index contributed by atoms with van der Waals surface area (Å²) in [5.41, 5.74) is 2.43. The summed E-state index contributed by atoms with van der Waals surface area (Å²) in [5, 5.41) is 1.21. The first kappa shape index (κ1) is 22.8. The van der Waals surface area contributed by atoms with Crippen LogP contribution in [0, 0.1) is 0 Å². The number of oxazole rings is 1. The molecule has 1 fully saturated rings. The maximum atomic E-state index is 12.7. The van der Waals surface area contributed by atoms with Gasteiger partial charge in [0, 0.05) is 35.7 Å². The molecule has 1 aliphatic heterocycles. The van der Waals surface area contributed by atoms with E-state index in [9.17, 15) is 4.79 Å². The van der Waals surface area contributed by atoms with Gasteiger partial charge in [-0.15, -0.1) is 0 Å². The maximum absolute atomic E-state index is 12.7. The van der Waals surface area contributed by atoms with Gasteiger partial charge >= 0.3 is 0 Å². The van der Waals surface area contributed by atoms with Crippen LogP contribution >= 0.6 is 23.2 Å². The van der Waals surface area contributed by atoms with Gasteiger partial charge in [-0.3, -0.25) is 9.69 Å². The molecule has 0 N–H and O–H groups in total. The highest BCUT2D eigenvalue weighted by molar-refractivity contribution is 6.35. The van der Waals surface area contributed by atoms with Crippen molar-refractivity contribution in [3.63, 3.8) is 0 Å². The third-order valence-electron chi connectivity index (χ3n) is 5.63. The molecule has 3 aromatic rings. The van der Waals surface area contributed by atoms with Crippen molar-refractivity contribution in [2.75, 3.05) is 26.3 Å². The number of carbonyl (C=O) groups is 1. The van der Waals surface area contributed by atoms with Crippen molar-refractivity contribution in [1.29, 1.82) is 0 Å². The van der Waals surface area contributed by atoms with Crippen LogP contribution in [0.4, 0.5) is 0 Å². The third-order valence-corrected chi connectivity index (χ3v) is 6.21. The van der Waals surface area contributed by atoms with Gasteiger partial charge in [-0.1, -0.05) is 59.6 Å². The van der Waals surface area contributed by atoms with Gasteiger partial charge in [0.05, 0.1) is 19.8 Å². The molecule has 1 aromatic heterocycles. The van der Waals surface area contributed by atoms with Gasteiger partial charge in [0.25, 0.3) is 5.91 Å². The molecule has 8 heteroatoms. The van der Waals surface area contributed by atoms with Crippen LogP contribution < -0.4 is 0 Å². The summed E-state index contributed by atoms with van der Waals surface area (Å²) in [6.45, 7) is 5.33. The first-order valence-electron chi connectivity index (χ1n) is 10.6. The summed E-state index contributed by atoms with van der Waals surface area (Å²) < 4.78 is 11.0. The van der Waals surface area contributed by atoms with E-state index >= 15 is 0 Å². The number of amides is 1. The van der Waals surface area contributed by atoms with E-state index in [0.717, 1.165) is 11.1 Å². The van der Waals surface area contributed by atoms with Crippen molar-refractivity contribution < 1.29 is 13.9 Å². The van der Waals surface area contributed by atoms with Gasteiger partial charge in [-0.2, -0.15) is 0 Å². The van der Waals surface area contributed by atoms with Gasteiger partial charge in [0.15, 0.2) is 5.69 Å². The number of benzene rings is 2. The van der Waals surface area contributed by atoms with Crippen molar-refractivity contribution in [3.8, 4) is 0 Å². The fraction of sp³-hybridized carbons (Fsp3) is 0.333. The SMILES string of the molecule is CC(c1ccccc1)N(Cc1nc(C(=O)N2CCOCC2)co1)Cc1ccc(Cl)cc1Cl. The van der Waals surface area contributed by atoms with Gasteiger partial charge in [-0.25, -0.2) is 4.98 Å². The predicted octanol–water partition coefficient (Wildman–Crippen LogP) is 5.22. The smallest absolute Gasteiger partial charge is 0.275 e. The van der Waals surface area contributed by atoms with Crippen molar-refractivity contribution in [3.05, 3.63) is 87.6 Å². The molecule has 32 heavy (non-hydrogen) atoms. The first-order valence-corrected chi connectivity index (χ1v) is 11.3. The lowest BCUT2D eigenvalue weighted by Crippen LogP contribution is -2.40. The molecule has 1 unspecified atom stereocenters. The number of hydrogen-bond acceptors (Lipinski definition) is 5. The molecule has 0 aliphatic carbocycles. The molecule has 0 radical (unpaired) electrons. The highest BCUT2D eigenvalue weighted by atomic mass is 35.5. The van der Waals surface area contributed by atoms with Crippen molar-refractivity contribution in [1.82, 2.24) is 14.8 Å². The van der Waals surface area contributed by atoms with E-state index < -0.39 is 0 Å². The van der Waals surface area contributed by atoms with Crippen LogP contribution in [0.3, 0.4) is 0 Å². The number of ether oxygens (including phenoxy) is 1. The zero-order valence-corrected chi connectivity index (χ0v) is 19.4. The van der Waals surface area contributed by atoms with Crippen molar-refractivity contribution >= 4 is 29.1 Å². The average molecular weight is 474 g/mol. The number of rotatable bonds is 7. The highest BCUT2D eigenvalue weighted by Gasteiger charge is 2.24. The Morgan fingerprint density at radius 2 is 1.88 bits per heavy atom. The Morgan fingerprint density at radius 1 is 1.12 bits per heavy atom. The Kier molecular flexibility index (Phi) is 7.48. The molecule has 2 heterocycles. The summed E-state index contributed by atoms with van der Waals surface area (Å²) in [7, 11) is 0. The quantitative estimate of drug-likeness (QED) is 0.470. The molecule has 168 valence electrons. The normalized spacial score (nSPS) is 15.2. The fourth-order valence-electron chi connectivity index (χ4n) is 3.72. The molecule has 0 saturated carbocycles. The van der Waals surface area contributed by atoms with Gasteiger partial charge < -0.3 is 14.1 Å². The van der Waals surface area contributed by atoms with Crippen LogP contribution in [0.15, 0.2) is 59.2 Å². The Bertz CT molecular complexity index is 1050. The Labute approximate surface area is 197 Å². The lowest BCUT2D eigenvalue weighted by atomic mass is 10.1. The van der Waals surface area contributed by atoms with Crippen LogP contribution in [0.25, 0.3) is 0 Å².